The van der Waals surface area contributed by atoms with Crippen molar-refractivity contribution < 1.29 is 0 Å². The molecule has 0 bridgehead atoms. The third-order valence-corrected chi connectivity index (χ3v) is 4.72. The molecule has 0 atom stereocenters. The first-order valence-corrected chi connectivity index (χ1v) is 8.76. The molecule has 1 aliphatic rings. The smallest absolute Gasteiger partial charge is 0.147 e. The number of aliphatic imine (C=N–C) groups is 1. The van der Waals surface area contributed by atoms with Crippen LogP contribution in [-0.2, 0) is 6.54 Å². The third kappa shape index (κ3) is 3.70. The summed E-state index contributed by atoms with van der Waals surface area (Å²) in [5, 5.41) is 7.64. The van der Waals surface area contributed by atoms with E-state index < -0.39 is 0 Å². The zero-order valence-electron chi connectivity index (χ0n) is 14.8. The fraction of sp³-hybridized carbons (Fsp3) is 0.250. The van der Waals surface area contributed by atoms with Gasteiger partial charge in [0.2, 0.25) is 0 Å². The van der Waals surface area contributed by atoms with Crippen molar-refractivity contribution in [1.29, 1.82) is 0 Å². The van der Waals surface area contributed by atoms with Crippen LogP contribution in [0.15, 0.2) is 70.1 Å². The molecule has 1 heterocycles. The average Bonchev–Trinajstić information content (AvgIpc) is 2.61. The molecule has 0 aliphatic carbocycles. The van der Waals surface area contributed by atoms with Crippen LogP contribution in [0.25, 0.3) is 10.8 Å². The number of halogens is 1. The van der Waals surface area contributed by atoms with Crippen molar-refractivity contribution in [2.24, 2.45) is 16.8 Å². The summed E-state index contributed by atoms with van der Waals surface area (Å²) in [4.78, 5) is 4.71. The van der Waals surface area contributed by atoms with E-state index >= 15 is 0 Å². The van der Waals surface area contributed by atoms with Gasteiger partial charge in [0.05, 0.1) is 6.54 Å². The van der Waals surface area contributed by atoms with Crippen LogP contribution in [0.3, 0.4) is 0 Å². The summed E-state index contributed by atoms with van der Waals surface area (Å²) in [6.07, 6.45) is 1.75. The number of rotatable bonds is 3. The highest BCUT2D eigenvalue weighted by molar-refractivity contribution is 6.31. The first-order chi connectivity index (χ1) is 12.0. The molecule has 25 heavy (non-hydrogen) atoms. The molecular formula is C20H23ClN4. The molecule has 0 unspecified atom stereocenters. The van der Waals surface area contributed by atoms with Gasteiger partial charge in [-0.05, 0) is 34.8 Å². The fourth-order valence-electron chi connectivity index (χ4n) is 2.79. The van der Waals surface area contributed by atoms with Gasteiger partial charge in [0.1, 0.15) is 16.8 Å². The molecule has 4 nitrogen and oxygen atoms in total. The summed E-state index contributed by atoms with van der Waals surface area (Å²) >= 11 is 6.25. The van der Waals surface area contributed by atoms with Gasteiger partial charge in [-0.1, -0.05) is 67.9 Å². The highest BCUT2D eigenvalue weighted by Crippen LogP contribution is 2.22. The Labute approximate surface area is 153 Å². The summed E-state index contributed by atoms with van der Waals surface area (Å²) in [5.74, 6) is 8.07. The molecule has 130 valence electrons. The second-order valence-corrected chi connectivity index (χ2v) is 6.89. The first-order valence-electron chi connectivity index (χ1n) is 8.38. The highest BCUT2D eigenvalue weighted by Gasteiger charge is 2.21. The minimum absolute atomic E-state index is 0.357. The van der Waals surface area contributed by atoms with Crippen LogP contribution < -0.4 is 11.2 Å². The van der Waals surface area contributed by atoms with E-state index in [1.54, 1.807) is 11.1 Å². The first kappa shape index (κ1) is 17.5. The number of hydrazine groups is 1. The minimum atomic E-state index is 0.357. The molecule has 0 saturated heterocycles. The van der Waals surface area contributed by atoms with Crippen LogP contribution >= 0.6 is 11.6 Å². The Morgan fingerprint density at radius 3 is 2.68 bits per heavy atom. The number of fused-ring (bicyclic) bond motifs is 1. The quantitative estimate of drug-likeness (QED) is 0.631. The molecule has 2 aromatic rings. The van der Waals surface area contributed by atoms with Gasteiger partial charge in [0.15, 0.2) is 0 Å². The molecular weight excluding hydrogens is 332 g/mol. The summed E-state index contributed by atoms with van der Waals surface area (Å²) in [7, 11) is 0. The molecule has 1 aliphatic heterocycles. The number of hydrogen-bond donors (Lipinski definition) is 2. The predicted molar refractivity (Wildman–Crippen MR) is 106 cm³/mol. The van der Waals surface area contributed by atoms with Crippen molar-refractivity contribution in [2.45, 2.75) is 27.3 Å². The van der Waals surface area contributed by atoms with Gasteiger partial charge in [-0.25, -0.2) is 10.9 Å². The van der Waals surface area contributed by atoms with Gasteiger partial charge < -0.3 is 5.32 Å². The lowest BCUT2D eigenvalue weighted by Crippen LogP contribution is -2.45. The number of hydrogen-bond acceptors (Lipinski definition) is 3. The number of nitrogens with zero attached hydrogens (tertiary/aromatic N) is 2. The molecule has 0 amide bonds. The van der Waals surface area contributed by atoms with Crippen LogP contribution in [0.2, 0.25) is 0 Å². The summed E-state index contributed by atoms with van der Waals surface area (Å²) < 4.78 is 0. The second-order valence-electron chi connectivity index (χ2n) is 6.49. The second kappa shape index (κ2) is 7.30. The van der Waals surface area contributed by atoms with Gasteiger partial charge in [0.25, 0.3) is 0 Å². The lowest BCUT2D eigenvalue weighted by molar-refractivity contribution is 0.482. The minimum Gasteiger partial charge on any atom is -0.331 e. The molecule has 3 N–H and O–H groups in total. The average molecular weight is 355 g/mol. The lowest BCUT2D eigenvalue weighted by Gasteiger charge is -2.30. The Morgan fingerprint density at radius 1 is 1.20 bits per heavy atom. The van der Waals surface area contributed by atoms with E-state index in [1.807, 2.05) is 19.1 Å². The third-order valence-electron chi connectivity index (χ3n) is 4.51. The Bertz CT molecular complexity index is 875. The van der Waals surface area contributed by atoms with Crippen molar-refractivity contribution in [2.75, 3.05) is 0 Å². The summed E-state index contributed by atoms with van der Waals surface area (Å²) in [6, 6.07) is 14.6. The van der Waals surface area contributed by atoms with Crippen LogP contribution in [0, 0.1) is 5.92 Å². The summed E-state index contributed by atoms with van der Waals surface area (Å²) in [5.41, 5.74) is 2.29. The van der Waals surface area contributed by atoms with Gasteiger partial charge in [0, 0.05) is 6.08 Å². The van der Waals surface area contributed by atoms with Crippen molar-refractivity contribution in [3.63, 3.8) is 0 Å². The van der Waals surface area contributed by atoms with E-state index in [0.29, 0.717) is 23.5 Å². The van der Waals surface area contributed by atoms with Gasteiger partial charge >= 0.3 is 0 Å². The van der Waals surface area contributed by atoms with Crippen molar-refractivity contribution in [1.82, 2.24) is 10.3 Å². The molecule has 0 aromatic heterocycles. The molecule has 0 fully saturated rings. The van der Waals surface area contributed by atoms with Crippen molar-refractivity contribution >= 4 is 28.2 Å². The SMILES string of the molecule is C/C(=C1/NC(Cl)=CC(=NCc2cccc3ccccc23)N1N)C(C)C. The number of allylic oxidation sites excluding steroid dienone is 1. The predicted octanol–water partition coefficient (Wildman–Crippen LogP) is 4.48. The van der Waals surface area contributed by atoms with Crippen LogP contribution in [0.4, 0.5) is 0 Å². The van der Waals surface area contributed by atoms with E-state index in [-0.39, 0.29) is 0 Å². The maximum Gasteiger partial charge on any atom is 0.147 e. The van der Waals surface area contributed by atoms with E-state index in [4.69, 9.17) is 22.4 Å². The Kier molecular flexibility index (Phi) is 5.11. The molecule has 0 spiro atoms. The topological polar surface area (TPSA) is 53.7 Å². The monoisotopic (exact) mass is 354 g/mol. The Balaban J connectivity index is 1.95. The van der Waals surface area contributed by atoms with Crippen LogP contribution in [0.5, 0.6) is 0 Å². The zero-order chi connectivity index (χ0) is 18.0. The lowest BCUT2D eigenvalue weighted by atomic mass is 10.0. The number of benzene rings is 2. The standard InChI is InChI=1S/C20H23ClN4/c1-13(2)14(3)20-24-18(21)11-19(25(20)22)23-12-16-9-6-8-15-7-4-5-10-17(15)16/h4-11,13,24H,12,22H2,1-3H3/b20-14+,23-19?. The maximum atomic E-state index is 6.28. The Morgan fingerprint density at radius 2 is 1.92 bits per heavy atom. The molecule has 0 radical (unpaired) electrons. The number of amidine groups is 1. The molecule has 3 rings (SSSR count). The largest absolute Gasteiger partial charge is 0.331 e. The van der Waals surface area contributed by atoms with E-state index in [1.165, 1.54) is 10.8 Å². The highest BCUT2D eigenvalue weighted by atomic mass is 35.5. The van der Waals surface area contributed by atoms with Crippen molar-refractivity contribution in [3.05, 3.63) is 70.7 Å². The molecule has 0 saturated carbocycles. The summed E-state index contributed by atoms with van der Waals surface area (Å²) in [6.45, 7) is 6.83. The van der Waals surface area contributed by atoms with Gasteiger partial charge in [-0.3, -0.25) is 4.99 Å². The van der Waals surface area contributed by atoms with E-state index in [0.717, 1.165) is 17.0 Å². The number of nitrogens with two attached hydrogens (primary N) is 1. The maximum absolute atomic E-state index is 6.28. The van der Waals surface area contributed by atoms with E-state index in [9.17, 15) is 0 Å². The Hall–Kier alpha value is -2.30. The zero-order valence-corrected chi connectivity index (χ0v) is 15.5. The molecule has 5 heteroatoms. The molecule has 2 aromatic carbocycles. The van der Waals surface area contributed by atoms with Crippen LogP contribution in [-0.4, -0.2) is 10.8 Å². The fourth-order valence-corrected chi connectivity index (χ4v) is 2.97. The van der Waals surface area contributed by atoms with Gasteiger partial charge in [-0.15, -0.1) is 0 Å². The van der Waals surface area contributed by atoms with E-state index in [2.05, 4.69) is 49.5 Å². The normalized spacial score (nSPS) is 18.6. The van der Waals surface area contributed by atoms with Crippen molar-refractivity contribution in [3.8, 4) is 0 Å². The number of nitrogens with one attached hydrogen (secondary N) is 1. The van der Waals surface area contributed by atoms with Crippen LogP contribution in [0.1, 0.15) is 26.3 Å². The van der Waals surface area contributed by atoms with Gasteiger partial charge in [-0.2, -0.15) is 0 Å².